The molecule has 1 aromatic carbocycles. The molecule has 20 heavy (non-hydrogen) atoms. The highest BCUT2D eigenvalue weighted by Gasteiger charge is 2.15. The van der Waals surface area contributed by atoms with Gasteiger partial charge >= 0.3 is 0 Å². The van der Waals surface area contributed by atoms with Gasteiger partial charge in [0.05, 0.1) is 23.9 Å². The first-order valence-electron chi connectivity index (χ1n) is 6.30. The largest absolute Gasteiger partial charge is 0.366 e. The summed E-state index contributed by atoms with van der Waals surface area (Å²) in [4.78, 5) is 10.8. The lowest BCUT2D eigenvalue weighted by Gasteiger charge is -2.22. The number of nitrogens with zero attached hydrogens (tertiary/aromatic N) is 5. The van der Waals surface area contributed by atoms with Gasteiger partial charge in [0, 0.05) is 17.8 Å². The molecule has 0 atom stereocenters. The number of pyridine rings is 1. The van der Waals surface area contributed by atoms with Gasteiger partial charge in [-0.15, -0.1) is 5.10 Å². The van der Waals surface area contributed by atoms with Gasteiger partial charge in [0.2, 0.25) is 5.95 Å². The van der Waals surface area contributed by atoms with E-state index in [1.165, 1.54) is 0 Å². The molecule has 0 unspecified atom stereocenters. The summed E-state index contributed by atoms with van der Waals surface area (Å²) in [7, 11) is 0. The zero-order valence-electron chi connectivity index (χ0n) is 10.6. The van der Waals surface area contributed by atoms with Crippen molar-refractivity contribution in [2.75, 3.05) is 10.6 Å². The van der Waals surface area contributed by atoms with E-state index >= 15 is 0 Å². The molecule has 0 amide bonds. The molecule has 6 heteroatoms. The maximum Gasteiger partial charge on any atom is 0.240 e. The molecule has 4 rings (SSSR count). The molecule has 0 spiro atoms. The smallest absolute Gasteiger partial charge is 0.240 e. The van der Waals surface area contributed by atoms with Crippen LogP contribution < -0.4 is 10.6 Å². The Bertz CT molecular complexity index is 819. The standard InChI is InChI=1S/C14H12N6/c15-14-17-13-9-19(5-6-20(13)18-14)11-7-10-3-1-2-4-12(10)16-8-11/h1-8H,9H2,(H2,15,18). The molecule has 2 N–H and O–H groups in total. The summed E-state index contributed by atoms with van der Waals surface area (Å²) in [5, 5.41) is 5.20. The first kappa shape index (κ1) is 11.0. The van der Waals surface area contributed by atoms with Crippen molar-refractivity contribution < 1.29 is 0 Å². The molecule has 3 heterocycles. The van der Waals surface area contributed by atoms with Crippen LogP contribution >= 0.6 is 0 Å². The molecule has 0 radical (unpaired) electrons. The SMILES string of the molecule is Nc1nc2n(n1)C=CN(c1cnc3ccccc3c1)C2. The van der Waals surface area contributed by atoms with E-state index in [2.05, 4.69) is 32.1 Å². The molecular weight excluding hydrogens is 252 g/mol. The molecule has 0 fully saturated rings. The summed E-state index contributed by atoms with van der Waals surface area (Å²) in [6.07, 6.45) is 5.66. The van der Waals surface area contributed by atoms with Crippen LogP contribution in [0.25, 0.3) is 17.1 Å². The molecular formula is C14H12N6. The Balaban J connectivity index is 1.73. The van der Waals surface area contributed by atoms with E-state index in [0.29, 0.717) is 12.5 Å². The van der Waals surface area contributed by atoms with Gasteiger partial charge < -0.3 is 10.6 Å². The van der Waals surface area contributed by atoms with Crippen molar-refractivity contribution in [3.8, 4) is 0 Å². The maximum atomic E-state index is 5.61. The topological polar surface area (TPSA) is 72.9 Å². The van der Waals surface area contributed by atoms with Crippen molar-refractivity contribution in [1.29, 1.82) is 0 Å². The average molecular weight is 264 g/mol. The third kappa shape index (κ3) is 1.70. The summed E-state index contributed by atoms with van der Waals surface area (Å²) >= 11 is 0. The Morgan fingerprint density at radius 2 is 2.05 bits per heavy atom. The minimum Gasteiger partial charge on any atom is -0.366 e. The summed E-state index contributed by atoms with van der Waals surface area (Å²) < 4.78 is 1.69. The Morgan fingerprint density at radius 1 is 1.15 bits per heavy atom. The van der Waals surface area contributed by atoms with Crippen LogP contribution in [0.2, 0.25) is 0 Å². The minimum atomic E-state index is 0.295. The third-order valence-electron chi connectivity index (χ3n) is 3.33. The number of nitrogen functional groups attached to an aromatic ring is 1. The molecule has 1 aliphatic heterocycles. The molecule has 0 saturated heterocycles. The van der Waals surface area contributed by atoms with Crippen molar-refractivity contribution in [3.05, 3.63) is 48.6 Å². The number of para-hydroxylation sites is 1. The van der Waals surface area contributed by atoms with Gasteiger partial charge in [-0.2, -0.15) is 4.98 Å². The molecule has 2 aromatic heterocycles. The number of benzene rings is 1. The second-order valence-corrected chi connectivity index (χ2v) is 4.64. The van der Waals surface area contributed by atoms with Crippen molar-refractivity contribution >= 4 is 28.7 Å². The summed E-state index contributed by atoms with van der Waals surface area (Å²) in [6, 6.07) is 10.2. The fourth-order valence-corrected chi connectivity index (χ4v) is 2.34. The van der Waals surface area contributed by atoms with E-state index in [9.17, 15) is 0 Å². The lowest BCUT2D eigenvalue weighted by molar-refractivity contribution is 0.775. The molecule has 3 aromatic rings. The predicted octanol–water partition coefficient (Wildman–Crippen LogP) is 1.86. The molecule has 6 nitrogen and oxygen atoms in total. The highest BCUT2D eigenvalue weighted by molar-refractivity contribution is 5.82. The summed E-state index contributed by atoms with van der Waals surface area (Å²) in [5.74, 6) is 1.11. The number of fused-ring (bicyclic) bond motifs is 2. The zero-order chi connectivity index (χ0) is 13.5. The number of hydrogen-bond donors (Lipinski definition) is 1. The van der Waals surface area contributed by atoms with Gasteiger partial charge in [-0.25, -0.2) is 4.68 Å². The van der Waals surface area contributed by atoms with Gasteiger partial charge in [-0.3, -0.25) is 4.98 Å². The van der Waals surface area contributed by atoms with E-state index < -0.39 is 0 Å². The average Bonchev–Trinajstić information content (AvgIpc) is 2.85. The van der Waals surface area contributed by atoms with Gasteiger partial charge in [-0.1, -0.05) is 18.2 Å². The fraction of sp³-hybridized carbons (Fsp3) is 0.0714. The Morgan fingerprint density at radius 3 is 3.00 bits per heavy atom. The lowest BCUT2D eigenvalue weighted by Crippen LogP contribution is -2.22. The van der Waals surface area contributed by atoms with Crippen LogP contribution in [0.4, 0.5) is 11.6 Å². The van der Waals surface area contributed by atoms with Crippen LogP contribution in [0.1, 0.15) is 5.82 Å². The molecule has 98 valence electrons. The van der Waals surface area contributed by atoms with Crippen molar-refractivity contribution in [1.82, 2.24) is 19.7 Å². The Hall–Kier alpha value is -2.89. The second kappa shape index (κ2) is 4.06. The van der Waals surface area contributed by atoms with Crippen LogP contribution in [0.15, 0.2) is 42.7 Å². The van der Waals surface area contributed by atoms with E-state index in [0.717, 1.165) is 22.4 Å². The second-order valence-electron chi connectivity index (χ2n) is 4.64. The maximum absolute atomic E-state index is 5.61. The van der Waals surface area contributed by atoms with Gasteiger partial charge in [0.1, 0.15) is 0 Å². The van der Waals surface area contributed by atoms with Crippen LogP contribution in [-0.4, -0.2) is 19.7 Å². The fourth-order valence-electron chi connectivity index (χ4n) is 2.34. The van der Waals surface area contributed by atoms with Crippen molar-refractivity contribution in [2.24, 2.45) is 0 Å². The molecule has 0 bridgehead atoms. The molecule has 0 saturated carbocycles. The van der Waals surface area contributed by atoms with Gasteiger partial charge in [-0.05, 0) is 12.1 Å². The molecule has 1 aliphatic rings. The highest BCUT2D eigenvalue weighted by atomic mass is 15.4. The quantitative estimate of drug-likeness (QED) is 0.726. The van der Waals surface area contributed by atoms with Gasteiger partial charge in [0.15, 0.2) is 5.82 Å². The number of anilines is 2. The minimum absolute atomic E-state index is 0.295. The lowest BCUT2D eigenvalue weighted by atomic mass is 10.2. The van der Waals surface area contributed by atoms with E-state index in [1.807, 2.05) is 36.8 Å². The van der Waals surface area contributed by atoms with Gasteiger partial charge in [0.25, 0.3) is 0 Å². The Labute approximate surface area is 115 Å². The van der Waals surface area contributed by atoms with Crippen LogP contribution in [0.3, 0.4) is 0 Å². The van der Waals surface area contributed by atoms with Crippen LogP contribution in [0, 0.1) is 0 Å². The first-order chi connectivity index (χ1) is 9.79. The number of rotatable bonds is 1. The summed E-state index contributed by atoms with van der Waals surface area (Å²) in [5.41, 5.74) is 7.62. The molecule has 0 aliphatic carbocycles. The van der Waals surface area contributed by atoms with Crippen LogP contribution in [0.5, 0.6) is 0 Å². The zero-order valence-corrected chi connectivity index (χ0v) is 10.6. The van der Waals surface area contributed by atoms with Crippen molar-refractivity contribution in [2.45, 2.75) is 6.54 Å². The Kier molecular flexibility index (Phi) is 2.23. The third-order valence-corrected chi connectivity index (χ3v) is 3.33. The summed E-state index contributed by atoms with van der Waals surface area (Å²) in [6.45, 7) is 0.626. The van der Waals surface area contributed by atoms with E-state index in [1.54, 1.807) is 4.68 Å². The highest BCUT2D eigenvalue weighted by Crippen LogP contribution is 2.23. The van der Waals surface area contributed by atoms with E-state index in [4.69, 9.17) is 5.73 Å². The normalized spacial score (nSPS) is 13.7. The number of aromatic nitrogens is 4. The first-order valence-corrected chi connectivity index (χ1v) is 6.30. The number of hydrogen-bond acceptors (Lipinski definition) is 5. The van der Waals surface area contributed by atoms with Crippen LogP contribution in [-0.2, 0) is 6.54 Å². The van der Waals surface area contributed by atoms with E-state index in [-0.39, 0.29) is 0 Å². The van der Waals surface area contributed by atoms with Crippen molar-refractivity contribution in [3.63, 3.8) is 0 Å². The number of nitrogens with two attached hydrogens (primary N) is 1. The predicted molar refractivity (Wildman–Crippen MR) is 77.7 cm³/mol. The monoisotopic (exact) mass is 264 g/mol.